The summed E-state index contributed by atoms with van der Waals surface area (Å²) in [6.07, 6.45) is 1.97. The Morgan fingerprint density at radius 2 is 1.81 bits per heavy atom. The quantitative estimate of drug-likeness (QED) is 0.652. The summed E-state index contributed by atoms with van der Waals surface area (Å²) >= 11 is 1.52. The van der Waals surface area contributed by atoms with Gasteiger partial charge in [-0.1, -0.05) is 17.8 Å². The normalized spacial score (nSPS) is 10.3. The lowest BCUT2D eigenvalue weighted by Gasteiger charge is -2.17. The molecule has 112 valence electrons. The number of hydrogen-bond acceptors (Lipinski definition) is 6. The Kier molecular flexibility index (Phi) is 4.90. The minimum atomic E-state index is 0.740. The highest BCUT2D eigenvalue weighted by molar-refractivity contribution is 7.98. The fourth-order valence-electron chi connectivity index (χ4n) is 2.03. The maximum absolute atomic E-state index is 4.48. The van der Waals surface area contributed by atoms with Crippen molar-refractivity contribution in [1.82, 2.24) is 9.97 Å². The average molecular weight is 303 g/mol. The van der Waals surface area contributed by atoms with Crippen molar-refractivity contribution in [3.8, 4) is 0 Å². The topological polar surface area (TPSA) is 53.1 Å². The molecule has 1 heterocycles. The van der Waals surface area contributed by atoms with Crippen LogP contribution in [0.15, 0.2) is 29.4 Å². The van der Waals surface area contributed by atoms with Gasteiger partial charge >= 0.3 is 0 Å². The number of rotatable bonds is 5. The second-order valence-corrected chi connectivity index (χ2v) is 5.67. The summed E-state index contributed by atoms with van der Waals surface area (Å²) in [5, 5.41) is 7.14. The molecule has 2 rings (SSSR count). The molecule has 0 fully saturated rings. The molecule has 1 aromatic heterocycles. The van der Waals surface area contributed by atoms with Crippen LogP contribution in [0.4, 0.5) is 23.0 Å². The van der Waals surface area contributed by atoms with E-state index in [2.05, 4.69) is 50.6 Å². The molecule has 0 bridgehead atoms. The van der Waals surface area contributed by atoms with Crippen molar-refractivity contribution in [3.05, 3.63) is 29.8 Å². The van der Waals surface area contributed by atoms with Gasteiger partial charge in [0.15, 0.2) is 5.16 Å². The fourth-order valence-corrected chi connectivity index (χ4v) is 2.40. The molecule has 0 aliphatic rings. The average Bonchev–Trinajstić information content (AvgIpc) is 2.48. The van der Waals surface area contributed by atoms with E-state index < -0.39 is 0 Å². The van der Waals surface area contributed by atoms with E-state index in [0.29, 0.717) is 0 Å². The highest BCUT2D eigenvalue weighted by atomic mass is 32.2. The van der Waals surface area contributed by atoms with Gasteiger partial charge in [-0.3, -0.25) is 0 Å². The predicted molar refractivity (Wildman–Crippen MR) is 92.1 cm³/mol. The van der Waals surface area contributed by atoms with E-state index in [0.717, 1.165) is 22.5 Å². The second kappa shape index (κ2) is 6.67. The second-order valence-electron chi connectivity index (χ2n) is 4.90. The van der Waals surface area contributed by atoms with Crippen molar-refractivity contribution < 1.29 is 0 Å². The minimum Gasteiger partial charge on any atom is -0.377 e. The lowest BCUT2D eigenvalue weighted by atomic mass is 10.1. The van der Waals surface area contributed by atoms with Crippen molar-refractivity contribution in [3.63, 3.8) is 0 Å². The molecule has 6 heteroatoms. The molecule has 21 heavy (non-hydrogen) atoms. The van der Waals surface area contributed by atoms with Gasteiger partial charge in [-0.2, -0.15) is 0 Å². The van der Waals surface area contributed by atoms with Crippen molar-refractivity contribution in [2.75, 3.05) is 42.9 Å². The lowest BCUT2D eigenvalue weighted by molar-refractivity contribution is 0.977. The predicted octanol–water partition coefficient (Wildman–Crippen LogP) is 3.36. The van der Waals surface area contributed by atoms with Gasteiger partial charge in [0.25, 0.3) is 0 Å². The third-order valence-electron chi connectivity index (χ3n) is 3.11. The van der Waals surface area contributed by atoms with Crippen molar-refractivity contribution >= 4 is 34.8 Å². The van der Waals surface area contributed by atoms with Gasteiger partial charge in [0.2, 0.25) is 0 Å². The van der Waals surface area contributed by atoms with E-state index in [1.54, 1.807) is 0 Å². The summed E-state index contributed by atoms with van der Waals surface area (Å²) in [7, 11) is 5.94. The lowest BCUT2D eigenvalue weighted by Crippen LogP contribution is -2.10. The van der Waals surface area contributed by atoms with Crippen LogP contribution in [0.1, 0.15) is 5.56 Å². The Balaban J connectivity index is 2.31. The zero-order chi connectivity index (χ0) is 15.4. The number of benzene rings is 1. The van der Waals surface area contributed by atoms with E-state index in [4.69, 9.17) is 0 Å². The van der Waals surface area contributed by atoms with Crippen LogP contribution in [-0.4, -0.2) is 37.4 Å². The summed E-state index contributed by atoms with van der Waals surface area (Å²) in [4.78, 5) is 10.9. The molecule has 0 radical (unpaired) electrons. The Labute approximate surface area is 130 Å². The molecule has 2 aromatic rings. The molecule has 0 saturated carbocycles. The summed E-state index contributed by atoms with van der Waals surface area (Å²) in [6, 6.07) is 8.18. The van der Waals surface area contributed by atoms with Crippen LogP contribution in [0, 0.1) is 6.92 Å². The van der Waals surface area contributed by atoms with Gasteiger partial charge < -0.3 is 15.5 Å². The van der Waals surface area contributed by atoms with Crippen LogP contribution in [-0.2, 0) is 0 Å². The zero-order valence-electron chi connectivity index (χ0n) is 13.1. The molecular formula is C15H21N5S. The number of thioether (sulfide) groups is 1. The first-order valence-corrected chi connectivity index (χ1v) is 7.91. The highest BCUT2D eigenvalue weighted by Crippen LogP contribution is 2.26. The first-order valence-electron chi connectivity index (χ1n) is 6.69. The molecule has 0 atom stereocenters. The Morgan fingerprint density at radius 1 is 1.10 bits per heavy atom. The van der Waals surface area contributed by atoms with Crippen LogP contribution in [0.5, 0.6) is 0 Å². The van der Waals surface area contributed by atoms with Crippen molar-refractivity contribution in [1.29, 1.82) is 0 Å². The molecule has 0 aliphatic heterocycles. The zero-order valence-corrected chi connectivity index (χ0v) is 13.9. The van der Waals surface area contributed by atoms with Gasteiger partial charge in [-0.25, -0.2) is 9.97 Å². The number of anilines is 4. The van der Waals surface area contributed by atoms with E-state index in [-0.39, 0.29) is 0 Å². The van der Waals surface area contributed by atoms with E-state index in [9.17, 15) is 0 Å². The number of nitrogens with one attached hydrogen (secondary N) is 2. The molecule has 2 N–H and O–H groups in total. The molecule has 0 aliphatic carbocycles. The van der Waals surface area contributed by atoms with Gasteiger partial charge in [-0.15, -0.1) is 0 Å². The molecule has 0 saturated heterocycles. The third-order valence-corrected chi connectivity index (χ3v) is 3.66. The summed E-state index contributed by atoms with van der Waals surface area (Å²) in [5.41, 5.74) is 3.44. The fraction of sp³-hybridized carbons (Fsp3) is 0.333. The maximum Gasteiger partial charge on any atom is 0.191 e. The van der Waals surface area contributed by atoms with Crippen LogP contribution in [0.25, 0.3) is 0 Å². The summed E-state index contributed by atoms with van der Waals surface area (Å²) < 4.78 is 0. The number of aromatic nitrogens is 2. The summed E-state index contributed by atoms with van der Waals surface area (Å²) in [5.74, 6) is 1.59. The van der Waals surface area contributed by atoms with E-state index in [1.807, 2.05) is 33.5 Å². The standard InChI is InChI=1S/C15H21N5S/c1-10-6-7-11(8-12(10)20(3)4)17-14-9-13(16-2)18-15(19-14)21-5/h6-9H,1-5H3,(H2,16,17,18,19). The third kappa shape index (κ3) is 3.78. The van der Waals surface area contributed by atoms with E-state index >= 15 is 0 Å². The Hall–Kier alpha value is -1.95. The van der Waals surface area contributed by atoms with Crippen molar-refractivity contribution in [2.24, 2.45) is 0 Å². The number of hydrogen-bond donors (Lipinski definition) is 2. The minimum absolute atomic E-state index is 0.740. The summed E-state index contributed by atoms with van der Waals surface area (Å²) in [6.45, 7) is 2.11. The van der Waals surface area contributed by atoms with Crippen LogP contribution in [0.3, 0.4) is 0 Å². The highest BCUT2D eigenvalue weighted by Gasteiger charge is 2.06. The maximum atomic E-state index is 4.48. The Morgan fingerprint density at radius 3 is 2.43 bits per heavy atom. The van der Waals surface area contributed by atoms with E-state index in [1.165, 1.54) is 23.0 Å². The van der Waals surface area contributed by atoms with Crippen LogP contribution < -0.4 is 15.5 Å². The van der Waals surface area contributed by atoms with Crippen LogP contribution >= 0.6 is 11.8 Å². The van der Waals surface area contributed by atoms with Gasteiger partial charge in [0.1, 0.15) is 11.6 Å². The largest absolute Gasteiger partial charge is 0.377 e. The first kappa shape index (κ1) is 15.4. The van der Waals surface area contributed by atoms with Gasteiger partial charge in [0.05, 0.1) is 0 Å². The smallest absolute Gasteiger partial charge is 0.191 e. The monoisotopic (exact) mass is 303 g/mol. The number of nitrogens with zero attached hydrogens (tertiary/aromatic N) is 3. The molecule has 1 aromatic carbocycles. The Bertz CT molecular complexity index is 605. The van der Waals surface area contributed by atoms with Gasteiger partial charge in [-0.05, 0) is 30.9 Å². The molecule has 0 unspecified atom stereocenters. The molecule has 5 nitrogen and oxygen atoms in total. The first-order chi connectivity index (χ1) is 10.0. The molecular weight excluding hydrogens is 282 g/mol. The molecule has 0 spiro atoms. The SMILES string of the molecule is CNc1cc(Nc2ccc(C)c(N(C)C)c2)nc(SC)n1. The molecule has 0 amide bonds. The van der Waals surface area contributed by atoms with Crippen molar-refractivity contribution in [2.45, 2.75) is 12.1 Å². The van der Waals surface area contributed by atoms with Gasteiger partial charge in [0, 0.05) is 38.6 Å². The van der Waals surface area contributed by atoms with Crippen LogP contribution in [0.2, 0.25) is 0 Å². The number of aryl methyl sites for hydroxylation is 1.